The van der Waals surface area contributed by atoms with Crippen LogP contribution in [-0.4, -0.2) is 9.70 Å². The predicted octanol–water partition coefficient (Wildman–Crippen LogP) is 2.17. The van der Waals surface area contributed by atoms with Gasteiger partial charge in [0.25, 0.3) is 9.70 Å². The van der Waals surface area contributed by atoms with E-state index in [2.05, 4.69) is 18.5 Å². The number of carbonyl (C=O) groups excluding carboxylic acids is 1. The molecule has 0 saturated carbocycles. The fourth-order valence-electron chi connectivity index (χ4n) is 0.268. The molecule has 0 aliphatic heterocycles. The normalized spacial score (nSPS) is 10.5. The first-order valence-electron chi connectivity index (χ1n) is 2.57. The first-order valence-corrected chi connectivity index (χ1v) is 3.71. The second-order valence-electron chi connectivity index (χ2n) is 1.68. The number of hydrogen-bond donors (Lipinski definition) is 1. The molecule has 1 N–H and O–H groups in total. The summed E-state index contributed by atoms with van der Waals surface area (Å²) in [7, 11) is 0. The van der Waals surface area contributed by atoms with Gasteiger partial charge in [-0.3, -0.25) is 4.79 Å². The molecule has 0 aromatic carbocycles. The van der Waals surface area contributed by atoms with Crippen LogP contribution in [0.25, 0.3) is 0 Å². The van der Waals surface area contributed by atoms with Crippen molar-refractivity contribution in [1.29, 1.82) is 0 Å². The van der Waals surface area contributed by atoms with Crippen LogP contribution in [0.4, 0.5) is 0 Å². The van der Waals surface area contributed by atoms with Crippen LogP contribution in [0, 0.1) is 0 Å². The van der Waals surface area contributed by atoms with E-state index in [1.54, 1.807) is 0 Å². The number of rotatable bonds is 2. The van der Waals surface area contributed by atoms with Gasteiger partial charge in [-0.1, -0.05) is 48.0 Å². The van der Waals surface area contributed by atoms with Gasteiger partial charge in [-0.05, 0) is 6.08 Å². The standard InChI is InChI=1S/C6H6Cl3NO/c1-3-4(2)10-5(11)6(7,8)9/h3H,1-2H2,(H,10,11). The summed E-state index contributed by atoms with van der Waals surface area (Å²) in [4.78, 5) is 10.8. The maximum atomic E-state index is 10.8. The maximum absolute atomic E-state index is 10.8. The summed E-state index contributed by atoms with van der Waals surface area (Å²) < 4.78 is -1.95. The molecule has 11 heavy (non-hydrogen) atoms. The number of nitrogens with one attached hydrogen (secondary N) is 1. The number of amides is 1. The quantitative estimate of drug-likeness (QED) is 0.554. The monoisotopic (exact) mass is 213 g/mol. The Morgan fingerprint density at radius 2 is 1.91 bits per heavy atom. The number of carbonyl (C=O) groups is 1. The zero-order valence-corrected chi connectivity index (χ0v) is 7.80. The van der Waals surface area contributed by atoms with Crippen molar-refractivity contribution in [2.45, 2.75) is 3.79 Å². The molecule has 0 heterocycles. The molecule has 0 unspecified atom stereocenters. The fourth-order valence-corrected chi connectivity index (χ4v) is 0.409. The summed E-state index contributed by atoms with van der Waals surface area (Å²) in [6, 6.07) is 0. The van der Waals surface area contributed by atoms with Gasteiger partial charge in [0.2, 0.25) is 0 Å². The smallest absolute Gasteiger partial charge is 0.276 e. The summed E-state index contributed by atoms with van der Waals surface area (Å²) in [5, 5.41) is 2.22. The molecule has 62 valence electrons. The highest BCUT2D eigenvalue weighted by atomic mass is 35.6. The van der Waals surface area contributed by atoms with E-state index in [4.69, 9.17) is 34.8 Å². The highest BCUT2D eigenvalue weighted by Gasteiger charge is 2.30. The Balaban J connectivity index is 4.09. The van der Waals surface area contributed by atoms with Gasteiger partial charge >= 0.3 is 0 Å². The van der Waals surface area contributed by atoms with E-state index in [1.165, 1.54) is 6.08 Å². The topological polar surface area (TPSA) is 29.1 Å². The maximum Gasteiger partial charge on any atom is 0.276 e. The second kappa shape index (κ2) is 4.00. The van der Waals surface area contributed by atoms with E-state index < -0.39 is 9.70 Å². The lowest BCUT2D eigenvalue weighted by Crippen LogP contribution is -2.33. The first kappa shape index (κ1) is 10.8. The van der Waals surface area contributed by atoms with Crippen molar-refractivity contribution >= 4 is 40.7 Å². The van der Waals surface area contributed by atoms with Crippen LogP contribution in [0.1, 0.15) is 0 Å². The van der Waals surface area contributed by atoms with E-state index in [0.717, 1.165) is 0 Å². The third-order valence-corrected chi connectivity index (χ3v) is 1.29. The molecular weight excluding hydrogens is 208 g/mol. The van der Waals surface area contributed by atoms with E-state index >= 15 is 0 Å². The second-order valence-corrected chi connectivity index (χ2v) is 3.96. The zero-order chi connectivity index (χ0) is 9.07. The molecule has 1 amide bonds. The summed E-state index contributed by atoms with van der Waals surface area (Å²) >= 11 is 15.7. The summed E-state index contributed by atoms with van der Waals surface area (Å²) in [6.07, 6.45) is 1.34. The number of allylic oxidation sites excluding steroid dienone is 1. The molecular formula is C6H6Cl3NO. The minimum absolute atomic E-state index is 0.293. The molecule has 0 aromatic heterocycles. The van der Waals surface area contributed by atoms with Gasteiger partial charge < -0.3 is 5.32 Å². The van der Waals surface area contributed by atoms with Crippen molar-refractivity contribution in [3.05, 3.63) is 24.9 Å². The van der Waals surface area contributed by atoms with Crippen molar-refractivity contribution in [3.8, 4) is 0 Å². The largest absolute Gasteiger partial charge is 0.323 e. The SMILES string of the molecule is C=CC(=C)NC(=O)C(Cl)(Cl)Cl. The highest BCUT2D eigenvalue weighted by Crippen LogP contribution is 2.25. The van der Waals surface area contributed by atoms with Crippen molar-refractivity contribution in [2.24, 2.45) is 0 Å². The summed E-state index contributed by atoms with van der Waals surface area (Å²) in [6.45, 7) is 6.75. The third kappa shape index (κ3) is 4.30. The number of hydrogen-bond acceptors (Lipinski definition) is 1. The highest BCUT2D eigenvalue weighted by molar-refractivity contribution is 6.76. The Kier molecular flexibility index (Phi) is 3.93. The van der Waals surface area contributed by atoms with Gasteiger partial charge in [0.15, 0.2) is 0 Å². The van der Waals surface area contributed by atoms with Gasteiger partial charge in [0, 0.05) is 5.70 Å². The molecule has 0 fully saturated rings. The van der Waals surface area contributed by atoms with E-state index in [9.17, 15) is 4.79 Å². The fraction of sp³-hybridized carbons (Fsp3) is 0.167. The third-order valence-electron chi connectivity index (χ3n) is 0.778. The lowest BCUT2D eigenvalue weighted by Gasteiger charge is -2.10. The molecule has 0 saturated heterocycles. The Bertz CT molecular complexity index is 194. The van der Waals surface area contributed by atoms with Crippen LogP contribution in [0.15, 0.2) is 24.9 Å². The Labute approximate surface area is 79.8 Å². The Hall–Kier alpha value is -0.180. The van der Waals surface area contributed by atoms with Crippen LogP contribution in [0.2, 0.25) is 0 Å². The van der Waals surface area contributed by atoms with Gasteiger partial charge in [0.05, 0.1) is 0 Å². The van der Waals surface area contributed by atoms with Gasteiger partial charge in [-0.2, -0.15) is 0 Å². The molecule has 0 spiro atoms. The number of halogens is 3. The molecule has 0 aliphatic rings. The van der Waals surface area contributed by atoms with Crippen molar-refractivity contribution < 1.29 is 4.79 Å². The lowest BCUT2D eigenvalue weighted by molar-refractivity contribution is -0.119. The van der Waals surface area contributed by atoms with Crippen LogP contribution in [-0.2, 0) is 4.79 Å². The van der Waals surface area contributed by atoms with Crippen molar-refractivity contribution in [2.75, 3.05) is 0 Å². The molecule has 2 nitrogen and oxygen atoms in total. The lowest BCUT2D eigenvalue weighted by atomic mass is 10.4. The molecule has 0 rings (SSSR count). The van der Waals surface area contributed by atoms with Crippen molar-refractivity contribution in [3.63, 3.8) is 0 Å². The minimum atomic E-state index is -1.95. The van der Waals surface area contributed by atoms with E-state index in [1.807, 2.05) is 0 Å². The molecule has 0 bridgehead atoms. The summed E-state index contributed by atoms with van der Waals surface area (Å²) in [5.74, 6) is -0.743. The van der Waals surface area contributed by atoms with Gasteiger partial charge in [-0.25, -0.2) is 0 Å². The van der Waals surface area contributed by atoms with Crippen LogP contribution in [0.5, 0.6) is 0 Å². The van der Waals surface area contributed by atoms with E-state index in [-0.39, 0.29) is 0 Å². The first-order chi connectivity index (χ1) is 4.88. The zero-order valence-electron chi connectivity index (χ0n) is 5.53. The predicted molar refractivity (Wildman–Crippen MR) is 47.8 cm³/mol. The molecule has 5 heteroatoms. The molecule has 0 radical (unpaired) electrons. The van der Waals surface area contributed by atoms with Crippen LogP contribution in [0.3, 0.4) is 0 Å². The average molecular weight is 214 g/mol. The molecule has 0 aromatic rings. The van der Waals surface area contributed by atoms with Crippen LogP contribution >= 0.6 is 34.8 Å². The van der Waals surface area contributed by atoms with Gasteiger partial charge in [-0.15, -0.1) is 0 Å². The van der Waals surface area contributed by atoms with Crippen LogP contribution < -0.4 is 5.32 Å². The van der Waals surface area contributed by atoms with Crippen molar-refractivity contribution in [1.82, 2.24) is 5.32 Å². The van der Waals surface area contributed by atoms with Gasteiger partial charge in [0.1, 0.15) is 0 Å². The Morgan fingerprint density at radius 3 is 2.18 bits per heavy atom. The molecule has 0 aliphatic carbocycles. The average Bonchev–Trinajstić information content (AvgIpc) is 1.85. The molecule has 0 atom stereocenters. The number of alkyl halides is 3. The Morgan fingerprint density at radius 1 is 1.45 bits per heavy atom. The summed E-state index contributed by atoms with van der Waals surface area (Å²) in [5.41, 5.74) is 0.293. The minimum Gasteiger partial charge on any atom is -0.323 e. The van der Waals surface area contributed by atoms with E-state index in [0.29, 0.717) is 5.70 Å².